The number of hydrogen-bond donors (Lipinski definition) is 2. The molecule has 0 saturated carbocycles. The van der Waals surface area contributed by atoms with Gasteiger partial charge in [0, 0.05) is 24.5 Å². The molecule has 0 aliphatic heterocycles. The number of aromatic nitrogens is 2. The fraction of sp³-hybridized carbons (Fsp3) is 0.167. The van der Waals surface area contributed by atoms with Gasteiger partial charge in [0.2, 0.25) is 5.43 Å². The molecule has 0 fully saturated rings. The third-order valence-electron chi connectivity index (χ3n) is 5.22. The number of nitrogens with one attached hydrogen (secondary N) is 1. The maximum absolute atomic E-state index is 13.2. The van der Waals surface area contributed by atoms with E-state index >= 15 is 0 Å². The Labute approximate surface area is 183 Å². The molecule has 0 radical (unpaired) electrons. The molecule has 2 aromatic carbocycles. The minimum absolute atomic E-state index is 0.105. The quantitative estimate of drug-likeness (QED) is 0.487. The van der Waals surface area contributed by atoms with E-state index in [1.54, 1.807) is 48.3 Å². The van der Waals surface area contributed by atoms with E-state index in [1.807, 2.05) is 26.0 Å². The minimum atomic E-state index is -1.04. The molecule has 4 rings (SSSR count). The van der Waals surface area contributed by atoms with Crippen LogP contribution in [0.15, 0.2) is 57.9 Å². The fourth-order valence-electron chi connectivity index (χ4n) is 3.72. The number of hydrogen-bond acceptors (Lipinski definition) is 6. The van der Waals surface area contributed by atoms with Crippen molar-refractivity contribution in [2.75, 3.05) is 5.32 Å². The maximum Gasteiger partial charge on any atom is 0.337 e. The van der Waals surface area contributed by atoms with Crippen LogP contribution in [0.2, 0.25) is 0 Å². The van der Waals surface area contributed by atoms with Gasteiger partial charge in [-0.3, -0.25) is 9.48 Å². The molecule has 0 aliphatic carbocycles. The number of anilines is 1. The molecular weight excluding hydrogens is 408 g/mol. The van der Waals surface area contributed by atoms with Gasteiger partial charge in [-0.1, -0.05) is 18.2 Å². The Hall–Kier alpha value is -4.38. The summed E-state index contributed by atoms with van der Waals surface area (Å²) in [5.41, 5.74) is 2.23. The number of nitriles is 1. The number of benzene rings is 2. The van der Waals surface area contributed by atoms with Crippen LogP contribution >= 0.6 is 0 Å². The van der Waals surface area contributed by atoms with Crippen LogP contribution in [-0.2, 0) is 7.05 Å². The second kappa shape index (κ2) is 8.04. The van der Waals surface area contributed by atoms with Gasteiger partial charge in [0.05, 0.1) is 17.0 Å². The highest BCUT2D eigenvalue weighted by Crippen LogP contribution is 2.32. The van der Waals surface area contributed by atoms with Crippen molar-refractivity contribution in [3.63, 3.8) is 0 Å². The van der Waals surface area contributed by atoms with Crippen LogP contribution in [0.25, 0.3) is 22.4 Å². The smallest absolute Gasteiger partial charge is 0.337 e. The summed E-state index contributed by atoms with van der Waals surface area (Å²) in [6, 6.07) is 13.4. The number of aryl methyl sites for hydroxylation is 2. The molecule has 0 bridgehead atoms. The van der Waals surface area contributed by atoms with Crippen LogP contribution in [0.1, 0.15) is 40.0 Å². The Bertz CT molecular complexity index is 1460. The van der Waals surface area contributed by atoms with Gasteiger partial charge in [-0.2, -0.15) is 10.4 Å². The van der Waals surface area contributed by atoms with Crippen molar-refractivity contribution in [3.05, 3.63) is 81.1 Å². The summed E-state index contributed by atoms with van der Waals surface area (Å²) in [4.78, 5) is 24.8. The van der Waals surface area contributed by atoms with E-state index in [0.29, 0.717) is 22.5 Å². The lowest BCUT2D eigenvalue weighted by Gasteiger charge is -2.19. The number of carboxylic acid groups (broad SMARTS) is 1. The molecule has 2 aromatic heterocycles. The fourth-order valence-corrected chi connectivity index (χ4v) is 3.72. The molecule has 8 nitrogen and oxygen atoms in total. The van der Waals surface area contributed by atoms with Crippen molar-refractivity contribution >= 4 is 22.6 Å². The SMILES string of the molecule is Cc1cc([C@@H](C)Nc2ccccc2C(=O)O)c2oc(-c3ccn(C)n3)c(C#N)c(=O)c2c1. The van der Waals surface area contributed by atoms with E-state index in [-0.39, 0.29) is 22.3 Å². The Kier molecular flexibility index (Phi) is 5.24. The first-order valence-electron chi connectivity index (χ1n) is 9.90. The molecule has 2 heterocycles. The van der Waals surface area contributed by atoms with E-state index in [0.717, 1.165) is 5.56 Å². The van der Waals surface area contributed by atoms with E-state index in [9.17, 15) is 20.0 Å². The van der Waals surface area contributed by atoms with Crippen LogP contribution in [0.4, 0.5) is 5.69 Å². The molecule has 0 amide bonds. The van der Waals surface area contributed by atoms with Crippen molar-refractivity contribution in [1.82, 2.24) is 9.78 Å². The van der Waals surface area contributed by atoms with Crippen LogP contribution < -0.4 is 10.7 Å². The number of fused-ring (bicyclic) bond motifs is 1. The van der Waals surface area contributed by atoms with E-state index < -0.39 is 17.4 Å². The number of nitrogens with zero attached hydrogens (tertiary/aromatic N) is 3. The molecule has 0 aliphatic rings. The number of aromatic carboxylic acids is 1. The maximum atomic E-state index is 13.2. The van der Waals surface area contributed by atoms with Gasteiger partial charge in [0.15, 0.2) is 5.76 Å². The molecule has 8 heteroatoms. The zero-order valence-corrected chi connectivity index (χ0v) is 17.7. The minimum Gasteiger partial charge on any atom is -0.478 e. The van der Waals surface area contributed by atoms with Crippen molar-refractivity contribution in [2.24, 2.45) is 7.05 Å². The molecule has 32 heavy (non-hydrogen) atoms. The second-order valence-corrected chi connectivity index (χ2v) is 7.57. The summed E-state index contributed by atoms with van der Waals surface area (Å²) in [5.74, 6) is -0.939. The van der Waals surface area contributed by atoms with Gasteiger partial charge in [-0.25, -0.2) is 4.79 Å². The molecule has 2 N–H and O–H groups in total. The number of rotatable bonds is 5. The van der Waals surface area contributed by atoms with E-state index in [2.05, 4.69) is 10.4 Å². The largest absolute Gasteiger partial charge is 0.478 e. The summed E-state index contributed by atoms with van der Waals surface area (Å²) >= 11 is 0. The number of carboxylic acids is 1. The lowest BCUT2D eigenvalue weighted by molar-refractivity contribution is 0.0698. The summed E-state index contributed by atoms with van der Waals surface area (Å²) < 4.78 is 7.69. The van der Waals surface area contributed by atoms with Gasteiger partial charge < -0.3 is 14.8 Å². The third-order valence-corrected chi connectivity index (χ3v) is 5.22. The highest BCUT2D eigenvalue weighted by atomic mass is 16.4. The van der Waals surface area contributed by atoms with Gasteiger partial charge in [0.25, 0.3) is 0 Å². The topological polar surface area (TPSA) is 121 Å². The van der Waals surface area contributed by atoms with Gasteiger partial charge in [-0.05, 0) is 43.7 Å². The Balaban J connectivity index is 1.92. The molecule has 0 spiro atoms. The Morgan fingerprint density at radius 1 is 1.28 bits per heavy atom. The number of para-hydroxylation sites is 1. The highest BCUT2D eigenvalue weighted by molar-refractivity contribution is 5.94. The first-order chi connectivity index (χ1) is 15.3. The van der Waals surface area contributed by atoms with E-state index in [4.69, 9.17) is 4.42 Å². The van der Waals surface area contributed by atoms with Crippen molar-refractivity contribution in [1.29, 1.82) is 5.26 Å². The normalized spacial score (nSPS) is 11.8. The molecule has 0 unspecified atom stereocenters. The summed E-state index contributed by atoms with van der Waals surface area (Å²) in [7, 11) is 1.73. The number of carbonyl (C=O) groups is 1. The van der Waals surface area contributed by atoms with Crippen molar-refractivity contribution in [2.45, 2.75) is 19.9 Å². The van der Waals surface area contributed by atoms with Crippen molar-refractivity contribution < 1.29 is 14.3 Å². The molecule has 0 saturated heterocycles. The van der Waals surface area contributed by atoms with Crippen LogP contribution in [0, 0.1) is 18.3 Å². The second-order valence-electron chi connectivity index (χ2n) is 7.57. The van der Waals surface area contributed by atoms with Crippen LogP contribution in [-0.4, -0.2) is 20.9 Å². The van der Waals surface area contributed by atoms with Crippen LogP contribution in [0.5, 0.6) is 0 Å². The first-order valence-corrected chi connectivity index (χ1v) is 9.90. The average molecular weight is 428 g/mol. The average Bonchev–Trinajstić information content (AvgIpc) is 3.19. The standard InChI is InChI=1S/C24H20N4O4/c1-13-10-16(14(2)26-19-7-5-4-6-15(19)24(30)31)22-17(11-13)21(29)18(12-25)23(32-22)20-8-9-28(3)27-20/h4-11,14,26H,1-3H3,(H,30,31)/t14-/m1/s1. The zero-order valence-electron chi connectivity index (χ0n) is 17.7. The zero-order chi connectivity index (χ0) is 23.0. The van der Waals surface area contributed by atoms with Gasteiger partial charge >= 0.3 is 5.97 Å². The third kappa shape index (κ3) is 3.61. The molecule has 1 atom stereocenters. The Morgan fingerprint density at radius 3 is 2.69 bits per heavy atom. The highest BCUT2D eigenvalue weighted by Gasteiger charge is 2.22. The molecular formula is C24H20N4O4. The van der Waals surface area contributed by atoms with Gasteiger partial charge in [-0.15, -0.1) is 0 Å². The molecule has 160 valence electrons. The summed E-state index contributed by atoms with van der Waals surface area (Å²) in [5, 5.41) is 26.9. The van der Waals surface area contributed by atoms with Gasteiger partial charge in [0.1, 0.15) is 22.9 Å². The molecule has 4 aromatic rings. The van der Waals surface area contributed by atoms with E-state index in [1.165, 1.54) is 6.07 Å². The summed E-state index contributed by atoms with van der Waals surface area (Å²) in [6.07, 6.45) is 1.70. The summed E-state index contributed by atoms with van der Waals surface area (Å²) in [6.45, 7) is 3.70. The monoisotopic (exact) mass is 428 g/mol. The van der Waals surface area contributed by atoms with Crippen LogP contribution in [0.3, 0.4) is 0 Å². The lowest BCUT2D eigenvalue weighted by Crippen LogP contribution is -2.14. The first kappa shape index (κ1) is 20.9. The predicted octanol–water partition coefficient (Wildman–Crippen LogP) is 4.24. The van der Waals surface area contributed by atoms with Crippen molar-refractivity contribution in [3.8, 4) is 17.5 Å². The predicted molar refractivity (Wildman–Crippen MR) is 120 cm³/mol. The Morgan fingerprint density at radius 2 is 2.03 bits per heavy atom. The lowest BCUT2D eigenvalue weighted by atomic mass is 9.99.